The lowest BCUT2D eigenvalue weighted by atomic mass is 9.97. The zero-order valence-electron chi connectivity index (χ0n) is 10.7. The van der Waals surface area contributed by atoms with Crippen molar-refractivity contribution in [2.45, 2.75) is 38.3 Å². The molecule has 1 aromatic carbocycles. The molecule has 2 N–H and O–H groups in total. The first kappa shape index (κ1) is 13.4. The van der Waals surface area contributed by atoms with Gasteiger partial charge in [0.2, 0.25) is 0 Å². The van der Waals surface area contributed by atoms with Crippen LogP contribution in [-0.2, 0) is 0 Å². The van der Waals surface area contributed by atoms with Gasteiger partial charge in [-0.2, -0.15) is 0 Å². The summed E-state index contributed by atoms with van der Waals surface area (Å²) in [5.74, 6) is -1.03. The highest BCUT2D eigenvalue weighted by atomic mass is 19.1. The van der Waals surface area contributed by atoms with E-state index in [2.05, 4.69) is 4.90 Å². The van der Waals surface area contributed by atoms with Gasteiger partial charge in [-0.15, -0.1) is 0 Å². The van der Waals surface area contributed by atoms with Crippen LogP contribution in [0, 0.1) is 11.6 Å². The molecule has 0 spiro atoms. The summed E-state index contributed by atoms with van der Waals surface area (Å²) >= 11 is 0. The Morgan fingerprint density at radius 3 is 2.56 bits per heavy atom. The molecule has 1 aromatic rings. The molecular formula is C14H20F2N2. The van der Waals surface area contributed by atoms with Crippen molar-refractivity contribution in [2.24, 2.45) is 5.73 Å². The van der Waals surface area contributed by atoms with E-state index in [0.29, 0.717) is 18.2 Å². The van der Waals surface area contributed by atoms with E-state index in [4.69, 9.17) is 5.73 Å². The van der Waals surface area contributed by atoms with Gasteiger partial charge in [-0.3, -0.25) is 4.90 Å². The first-order chi connectivity index (χ1) is 8.61. The number of piperidine rings is 1. The first-order valence-corrected chi connectivity index (χ1v) is 6.53. The molecule has 4 heteroatoms. The van der Waals surface area contributed by atoms with Crippen LogP contribution in [0.1, 0.15) is 37.8 Å². The topological polar surface area (TPSA) is 29.3 Å². The third-order valence-electron chi connectivity index (χ3n) is 3.81. The average molecular weight is 254 g/mol. The van der Waals surface area contributed by atoms with E-state index in [1.807, 2.05) is 6.92 Å². The lowest BCUT2D eigenvalue weighted by molar-refractivity contribution is 0.107. The molecule has 0 aliphatic carbocycles. The third kappa shape index (κ3) is 2.87. The van der Waals surface area contributed by atoms with Crippen LogP contribution >= 0.6 is 0 Å². The summed E-state index contributed by atoms with van der Waals surface area (Å²) in [6, 6.07) is 4.06. The van der Waals surface area contributed by atoms with E-state index in [1.54, 1.807) is 0 Å². The number of nitrogens with zero attached hydrogens (tertiary/aromatic N) is 1. The van der Waals surface area contributed by atoms with Crippen molar-refractivity contribution in [3.8, 4) is 0 Å². The summed E-state index contributed by atoms with van der Waals surface area (Å²) in [5.41, 5.74) is 6.47. The summed E-state index contributed by atoms with van der Waals surface area (Å²) in [7, 11) is 0. The van der Waals surface area contributed by atoms with Gasteiger partial charge in [0.15, 0.2) is 0 Å². The summed E-state index contributed by atoms with van der Waals surface area (Å²) in [5, 5.41) is 0. The number of likely N-dealkylation sites (tertiary alicyclic amines) is 1. The van der Waals surface area contributed by atoms with Crippen molar-refractivity contribution in [3.05, 3.63) is 35.4 Å². The van der Waals surface area contributed by atoms with Crippen molar-refractivity contribution in [1.29, 1.82) is 0 Å². The summed E-state index contributed by atoms with van der Waals surface area (Å²) < 4.78 is 26.5. The zero-order chi connectivity index (χ0) is 13.1. The molecule has 2 unspecified atom stereocenters. The second-order valence-corrected chi connectivity index (χ2v) is 5.00. The molecule has 0 amide bonds. The molecule has 2 rings (SSSR count). The van der Waals surface area contributed by atoms with E-state index >= 15 is 0 Å². The van der Waals surface area contributed by atoms with Crippen LogP contribution in [0.15, 0.2) is 18.2 Å². The Morgan fingerprint density at radius 1 is 1.28 bits per heavy atom. The number of benzene rings is 1. The minimum absolute atomic E-state index is 0.00375. The van der Waals surface area contributed by atoms with Gasteiger partial charge in [0.25, 0.3) is 0 Å². The maximum Gasteiger partial charge on any atom is 0.126 e. The molecular weight excluding hydrogens is 234 g/mol. The fraction of sp³-hybridized carbons (Fsp3) is 0.571. The van der Waals surface area contributed by atoms with Crippen LogP contribution in [-0.4, -0.2) is 24.0 Å². The predicted octanol–water partition coefficient (Wildman–Crippen LogP) is 2.84. The van der Waals surface area contributed by atoms with Crippen molar-refractivity contribution >= 4 is 0 Å². The number of rotatable bonds is 3. The Balaban J connectivity index is 2.20. The first-order valence-electron chi connectivity index (χ1n) is 6.53. The van der Waals surface area contributed by atoms with Crippen molar-refractivity contribution in [1.82, 2.24) is 4.90 Å². The SMILES string of the molecule is CC(c1cc(F)cc(F)c1)N1CCCCC1CN. The number of halogens is 2. The van der Waals surface area contributed by atoms with E-state index in [0.717, 1.165) is 25.5 Å². The van der Waals surface area contributed by atoms with E-state index in [1.165, 1.54) is 18.6 Å². The monoisotopic (exact) mass is 254 g/mol. The predicted molar refractivity (Wildman–Crippen MR) is 68.2 cm³/mol. The van der Waals surface area contributed by atoms with Gasteiger partial charge in [-0.25, -0.2) is 8.78 Å². The van der Waals surface area contributed by atoms with Gasteiger partial charge < -0.3 is 5.73 Å². The molecule has 1 aliphatic heterocycles. The molecule has 100 valence electrons. The molecule has 0 saturated carbocycles. The Kier molecular flexibility index (Phi) is 4.30. The summed E-state index contributed by atoms with van der Waals surface area (Å²) in [6.07, 6.45) is 3.37. The van der Waals surface area contributed by atoms with Crippen LogP contribution in [0.4, 0.5) is 8.78 Å². The lowest BCUT2D eigenvalue weighted by Gasteiger charge is -2.39. The Hall–Kier alpha value is -1.00. The molecule has 2 nitrogen and oxygen atoms in total. The van der Waals surface area contributed by atoms with Gasteiger partial charge in [-0.05, 0) is 44.0 Å². The quantitative estimate of drug-likeness (QED) is 0.898. The number of nitrogens with two attached hydrogens (primary N) is 1. The smallest absolute Gasteiger partial charge is 0.126 e. The maximum absolute atomic E-state index is 13.3. The van der Waals surface area contributed by atoms with Gasteiger partial charge in [0, 0.05) is 24.7 Å². The molecule has 1 aliphatic rings. The molecule has 0 bridgehead atoms. The minimum atomic E-state index is -0.516. The zero-order valence-corrected chi connectivity index (χ0v) is 10.7. The normalized spacial score (nSPS) is 23.0. The summed E-state index contributed by atoms with van der Waals surface area (Å²) in [4.78, 5) is 2.26. The van der Waals surface area contributed by atoms with Crippen molar-refractivity contribution in [3.63, 3.8) is 0 Å². The average Bonchev–Trinajstić information content (AvgIpc) is 2.36. The molecule has 1 saturated heterocycles. The Labute approximate surface area is 107 Å². The van der Waals surface area contributed by atoms with Crippen LogP contribution in [0.25, 0.3) is 0 Å². The molecule has 18 heavy (non-hydrogen) atoms. The van der Waals surface area contributed by atoms with Crippen molar-refractivity contribution < 1.29 is 8.78 Å². The van der Waals surface area contributed by atoms with E-state index in [9.17, 15) is 8.78 Å². The Bertz CT molecular complexity index is 389. The highest BCUT2D eigenvalue weighted by Crippen LogP contribution is 2.28. The van der Waals surface area contributed by atoms with Gasteiger partial charge in [-0.1, -0.05) is 6.42 Å². The summed E-state index contributed by atoms with van der Waals surface area (Å²) in [6.45, 7) is 3.53. The van der Waals surface area contributed by atoms with Crippen LogP contribution in [0.2, 0.25) is 0 Å². The number of hydrogen-bond donors (Lipinski definition) is 1. The Morgan fingerprint density at radius 2 is 1.94 bits per heavy atom. The highest BCUT2D eigenvalue weighted by molar-refractivity contribution is 5.21. The minimum Gasteiger partial charge on any atom is -0.329 e. The lowest BCUT2D eigenvalue weighted by Crippen LogP contribution is -2.45. The van der Waals surface area contributed by atoms with Crippen LogP contribution in [0.3, 0.4) is 0 Å². The second kappa shape index (κ2) is 5.76. The second-order valence-electron chi connectivity index (χ2n) is 5.00. The molecule has 1 heterocycles. The molecule has 2 atom stereocenters. The van der Waals surface area contributed by atoms with Crippen LogP contribution < -0.4 is 5.73 Å². The molecule has 0 radical (unpaired) electrons. The highest BCUT2D eigenvalue weighted by Gasteiger charge is 2.26. The third-order valence-corrected chi connectivity index (χ3v) is 3.81. The van der Waals surface area contributed by atoms with Crippen molar-refractivity contribution in [2.75, 3.05) is 13.1 Å². The van der Waals surface area contributed by atoms with Gasteiger partial charge in [0.1, 0.15) is 11.6 Å². The molecule has 1 fully saturated rings. The van der Waals surface area contributed by atoms with Gasteiger partial charge in [0.05, 0.1) is 0 Å². The van der Waals surface area contributed by atoms with Gasteiger partial charge >= 0.3 is 0 Å². The number of hydrogen-bond acceptors (Lipinski definition) is 2. The van der Waals surface area contributed by atoms with E-state index in [-0.39, 0.29) is 6.04 Å². The van der Waals surface area contributed by atoms with E-state index < -0.39 is 11.6 Å². The maximum atomic E-state index is 13.3. The van der Waals surface area contributed by atoms with Crippen LogP contribution in [0.5, 0.6) is 0 Å². The fourth-order valence-corrected chi connectivity index (χ4v) is 2.79. The molecule has 0 aromatic heterocycles. The standard InChI is InChI=1S/C14H20F2N2/c1-10(11-6-12(15)8-13(16)7-11)18-5-3-2-4-14(18)9-17/h6-8,10,14H,2-5,9,17H2,1H3. The fourth-order valence-electron chi connectivity index (χ4n) is 2.79. The largest absolute Gasteiger partial charge is 0.329 e.